The van der Waals surface area contributed by atoms with Gasteiger partial charge in [-0.3, -0.25) is 9.63 Å². The molecule has 5 heteroatoms. The van der Waals surface area contributed by atoms with E-state index >= 15 is 0 Å². The minimum absolute atomic E-state index is 0.236. The zero-order valence-electron chi connectivity index (χ0n) is 5.83. The monoisotopic (exact) mass is 148 g/mol. The number of aliphatic hydroxyl groups excluding tert-OH is 1. The Labute approximate surface area is 59.1 Å². The molecule has 10 heavy (non-hydrogen) atoms. The fourth-order valence-electron chi connectivity index (χ4n) is 0.354. The van der Waals surface area contributed by atoms with Crippen LogP contribution in [0, 0.1) is 0 Å². The summed E-state index contributed by atoms with van der Waals surface area (Å²) in [4.78, 5) is 14.7. The molecule has 60 valence electrons. The molecule has 0 radical (unpaired) electrons. The summed E-state index contributed by atoms with van der Waals surface area (Å²) in [6, 6.07) is -0.458. The smallest absolute Gasteiger partial charge is 0.262 e. The van der Waals surface area contributed by atoms with Crippen molar-refractivity contribution >= 4 is 5.91 Å². The average Bonchev–Trinajstić information content (AvgIpc) is 2.19. The van der Waals surface area contributed by atoms with E-state index in [4.69, 9.17) is 10.8 Å². The summed E-state index contributed by atoms with van der Waals surface area (Å²) in [5.74, 6) is -0.236. The molecule has 0 saturated carbocycles. The lowest BCUT2D eigenvalue weighted by Gasteiger charge is -1.87. The number of carbonyl (C=O) groups is 1. The van der Waals surface area contributed by atoms with Gasteiger partial charge in [-0.05, 0) is 6.92 Å². The highest BCUT2D eigenvalue weighted by molar-refractivity contribution is 5.81. The zero-order valence-corrected chi connectivity index (χ0v) is 5.83. The second kappa shape index (κ2) is 5.16. The predicted octanol–water partition coefficient (Wildman–Crippen LogP) is -1.63. The Morgan fingerprint density at radius 3 is 2.60 bits per heavy atom. The Morgan fingerprint density at radius 1 is 2.00 bits per heavy atom. The molecule has 1 aliphatic rings. The van der Waals surface area contributed by atoms with Crippen LogP contribution in [-0.4, -0.2) is 30.3 Å². The lowest BCUT2D eigenvalue weighted by molar-refractivity contribution is -0.124. The molecule has 1 saturated heterocycles. The van der Waals surface area contributed by atoms with Gasteiger partial charge in [0.2, 0.25) is 0 Å². The first-order valence-corrected chi connectivity index (χ1v) is 3.00. The van der Waals surface area contributed by atoms with Crippen molar-refractivity contribution in [3.63, 3.8) is 0 Å². The summed E-state index contributed by atoms with van der Waals surface area (Å²) in [5, 5.41) is 7.57. The van der Waals surface area contributed by atoms with Gasteiger partial charge in [0.25, 0.3) is 5.91 Å². The van der Waals surface area contributed by atoms with Crippen LogP contribution in [0.2, 0.25) is 0 Å². The van der Waals surface area contributed by atoms with E-state index in [0.29, 0.717) is 6.61 Å². The number of amides is 1. The van der Waals surface area contributed by atoms with Crippen molar-refractivity contribution in [2.45, 2.75) is 13.0 Å². The van der Waals surface area contributed by atoms with Gasteiger partial charge in [0.1, 0.15) is 6.04 Å². The number of nitrogens with one attached hydrogen (secondary N) is 1. The van der Waals surface area contributed by atoms with Crippen LogP contribution in [0.4, 0.5) is 0 Å². The molecular formula is C5H12N2O3. The van der Waals surface area contributed by atoms with Gasteiger partial charge >= 0.3 is 0 Å². The van der Waals surface area contributed by atoms with E-state index in [-0.39, 0.29) is 12.5 Å². The Bertz CT molecular complexity index is 107. The van der Waals surface area contributed by atoms with E-state index in [0.717, 1.165) is 0 Å². The van der Waals surface area contributed by atoms with Gasteiger partial charge in [0, 0.05) is 6.61 Å². The van der Waals surface area contributed by atoms with Crippen LogP contribution in [0.25, 0.3) is 0 Å². The van der Waals surface area contributed by atoms with Gasteiger partial charge in [-0.2, -0.15) is 0 Å². The molecule has 1 aliphatic heterocycles. The van der Waals surface area contributed by atoms with Crippen molar-refractivity contribution in [3.8, 4) is 0 Å². The molecule has 1 atom stereocenters. The highest BCUT2D eigenvalue weighted by atomic mass is 16.7. The minimum Gasteiger partial charge on any atom is -0.397 e. The minimum atomic E-state index is -0.458. The molecule has 0 unspecified atom stereocenters. The maximum atomic E-state index is 10.2. The summed E-state index contributed by atoms with van der Waals surface area (Å²) >= 11 is 0. The van der Waals surface area contributed by atoms with Gasteiger partial charge in [-0.1, -0.05) is 0 Å². The largest absolute Gasteiger partial charge is 0.397 e. The van der Waals surface area contributed by atoms with Crippen molar-refractivity contribution < 1.29 is 14.7 Å². The Kier molecular flexibility index (Phi) is 4.82. The van der Waals surface area contributed by atoms with Crippen molar-refractivity contribution in [1.29, 1.82) is 0 Å². The normalized spacial score (nSPS) is 23.1. The van der Waals surface area contributed by atoms with E-state index in [1.807, 2.05) is 0 Å². The maximum absolute atomic E-state index is 10.2. The van der Waals surface area contributed by atoms with Gasteiger partial charge < -0.3 is 10.8 Å². The van der Waals surface area contributed by atoms with Gasteiger partial charge in [-0.25, -0.2) is 5.48 Å². The van der Waals surface area contributed by atoms with E-state index in [1.165, 1.54) is 0 Å². The fourth-order valence-corrected chi connectivity index (χ4v) is 0.354. The van der Waals surface area contributed by atoms with Crippen LogP contribution in [-0.2, 0) is 9.63 Å². The first kappa shape index (κ1) is 9.35. The molecule has 5 nitrogen and oxygen atoms in total. The van der Waals surface area contributed by atoms with Crippen molar-refractivity contribution in [1.82, 2.24) is 5.48 Å². The Hall–Kier alpha value is -0.650. The van der Waals surface area contributed by atoms with E-state index in [1.54, 1.807) is 6.92 Å². The SMILES string of the molecule is CCO.N[C@@H]1CONC1=O. The summed E-state index contributed by atoms with van der Waals surface area (Å²) in [6.45, 7) is 2.22. The van der Waals surface area contributed by atoms with Crippen LogP contribution >= 0.6 is 0 Å². The van der Waals surface area contributed by atoms with Crippen LogP contribution in [0.5, 0.6) is 0 Å². The standard InChI is InChI=1S/C3H6N2O2.C2H6O/c4-2-1-7-5-3(2)6;1-2-3/h2H,1,4H2,(H,5,6);3H,2H2,1H3/t2-;/m1./s1. The number of rotatable bonds is 0. The molecule has 1 amide bonds. The van der Waals surface area contributed by atoms with E-state index < -0.39 is 6.04 Å². The number of carbonyl (C=O) groups excluding carboxylic acids is 1. The summed E-state index contributed by atoms with van der Waals surface area (Å²) < 4.78 is 0. The quantitative estimate of drug-likeness (QED) is 0.385. The Balaban J connectivity index is 0.000000236. The summed E-state index contributed by atoms with van der Waals surface area (Å²) in [6.07, 6.45) is 0. The third-order valence-corrected chi connectivity index (χ3v) is 0.772. The van der Waals surface area contributed by atoms with E-state index in [2.05, 4.69) is 10.3 Å². The molecule has 0 aromatic rings. The molecule has 0 aliphatic carbocycles. The molecule has 0 aromatic carbocycles. The number of hydrogen-bond acceptors (Lipinski definition) is 4. The lowest BCUT2D eigenvalue weighted by Crippen LogP contribution is -2.31. The average molecular weight is 148 g/mol. The topological polar surface area (TPSA) is 84.6 Å². The fraction of sp³-hybridized carbons (Fsp3) is 0.800. The van der Waals surface area contributed by atoms with E-state index in [9.17, 15) is 4.79 Å². The predicted molar refractivity (Wildman–Crippen MR) is 34.8 cm³/mol. The highest BCUT2D eigenvalue weighted by Gasteiger charge is 2.19. The zero-order chi connectivity index (χ0) is 7.98. The summed E-state index contributed by atoms with van der Waals surface area (Å²) in [5.41, 5.74) is 7.25. The molecule has 0 bridgehead atoms. The Morgan fingerprint density at radius 2 is 2.50 bits per heavy atom. The first-order chi connectivity index (χ1) is 4.72. The van der Waals surface area contributed by atoms with Crippen molar-refractivity contribution in [2.24, 2.45) is 5.73 Å². The molecule has 1 heterocycles. The molecule has 4 N–H and O–H groups in total. The number of aliphatic hydroxyl groups is 1. The number of nitrogens with two attached hydrogens (primary N) is 1. The second-order valence-corrected chi connectivity index (χ2v) is 1.70. The highest BCUT2D eigenvalue weighted by Crippen LogP contribution is 1.87. The number of hydrogen-bond donors (Lipinski definition) is 3. The van der Waals surface area contributed by atoms with Crippen LogP contribution in [0.15, 0.2) is 0 Å². The van der Waals surface area contributed by atoms with Crippen molar-refractivity contribution in [2.75, 3.05) is 13.2 Å². The second-order valence-electron chi connectivity index (χ2n) is 1.70. The third-order valence-electron chi connectivity index (χ3n) is 0.772. The van der Waals surface area contributed by atoms with Crippen LogP contribution in [0.1, 0.15) is 6.92 Å². The molecule has 0 aromatic heterocycles. The molecule has 1 fully saturated rings. The van der Waals surface area contributed by atoms with Gasteiger partial charge in [-0.15, -0.1) is 0 Å². The lowest BCUT2D eigenvalue weighted by atomic mass is 10.3. The molecule has 1 rings (SSSR count). The molecular weight excluding hydrogens is 136 g/mol. The van der Waals surface area contributed by atoms with Crippen molar-refractivity contribution in [3.05, 3.63) is 0 Å². The number of hydroxylamine groups is 1. The van der Waals surface area contributed by atoms with Gasteiger partial charge in [0.15, 0.2) is 0 Å². The third kappa shape index (κ3) is 3.39. The van der Waals surface area contributed by atoms with Crippen LogP contribution < -0.4 is 11.2 Å². The van der Waals surface area contributed by atoms with Crippen LogP contribution in [0.3, 0.4) is 0 Å². The maximum Gasteiger partial charge on any atom is 0.262 e. The summed E-state index contributed by atoms with van der Waals surface area (Å²) in [7, 11) is 0. The molecule has 0 spiro atoms. The first-order valence-electron chi connectivity index (χ1n) is 3.00. The van der Waals surface area contributed by atoms with Gasteiger partial charge in [0.05, 0.1) is 6.61 Å².